The topological polar surface area (TPSA) is 33.6 Å². The number of anilines is 1. The Hall–Kier alpha value is -3.69. The van der Waals surface area contributed by atoms with Crippen molar-refractivity contribution in [3.05, 3.63) is 150 Å². The van der Waals surface area contributed by atoms with E-state index in [1.54, 1.807) is 0 Å². The van der Waals surface area contributed by atoms with E-state index in [4.69, 9.17) is 33.3 Å². The fraction of sp³-hybridized carbons (Fsp3) is 0.0312. The number of nitrogens with one attached hydrogen (secondary N) is 1. The molecule has 0 bridgehead atoms. The summed E-state index contributed by atoms with van der Waals surface area (Å²) in [5.41, 5.74) is 2.55. The van der Waals surface area contributed by atoms with Crippen LogP contribution in [0, 0.1) is 0 Å². The molecular weight excluding hydrogens is 527 g/mol. The molecule has 5 aromatic carbocycles. The predicted molar refractivity (Wildman–Crippen MR) is 166 cm³/mol. The first kappa shape index (κ1) is 25.9. The molecule has 0 aliphatic heterocycles. The lowest BCUT2D eigenvalue weighted by atomic mass is 10.2. The maximum atomic E-state index is 6.45. The summed E-state index contributed by atoms with van der Waals surface area (Å²) in [4.78, 5) is 0. The van der Waals surface area contributed by atoms with Gasteiger partial charge >= 0.3 is 0 Å². The van der Waals surface area contributed by atoms with Gasteiger partial charge in [-0.25, -0.2) is 0 Å². The zero-order valence-corrected chi connectivity index (χ0v) is 23.0. The Morgan fingerprint density at radius 3 is 1.66 bits per heavy atom. The lowest BCUT2D eigenvalue weighted by molar-refractivity contribution is 0.300. The summed E-state index contributed by atoms with van der Waals surface area (Å²) in [6.07, 6.45) is 0. The fourth-order valence-corrected chi connectivity index (χ4v) is 8.24. The molecule has 3 nitrogen and oxygen atoms in total. The Bertz CT molecular complexity index is 1460. The quantitative estimate of drug-likeness (QED) is 0.164. The molecule has 0 fully saturated rings. The van der Waals surface area contributed by atoms with Crippen molar-refractivity contribution in [1.82, 2.24) is 0 Å². The first-order chi connectivity index (χ1) is 18.6. The van der Waals surface area contributed by atoms with Gasteiger partial charge in [-0.05, 0) is 42.5 Å². The number of hydrogen-bond donors (Lipinski definition) is 1. The van der Waals surface area contributed by atoms with Gasteiger partial charge in [-0.3, -0.25) is 4.74 Å². The van der Waals surface area contributed by atoms with Crippen molar-refractivity contribution < 1.29 is 4.74 Å². The number of nitrogens with zero attached hydrogens (tertiary/aromatic N) is 1. The minimum absolute atomic E-state index is 0.233. The van der Waals surface area contributed by atoms with Crippen molar-refractivity contribution in [1.29, 1.82) is 0 Å². The highest BCUT2D eigenvalue weighted by Gasteiger charge is 2.27. The molecule has 188 valence electrons. The van der Waals surface area contributed by atoms with Crippen LogP contribution in [0.2, 0.25) is 5.02 Å². The molecule has 1 N–H and O–H groups in total. The molecule has 0 atom stereocenters. The standard InChI is InChI=1S/C32H26ClN2OPS/c33-26-21-22-31(25(23-26)24-36-32(38)34-27-13-5-1-6-14-27)35-37(28-15-7-2-8-16-28,29-17-9-3-10-18-29)30-19-11-4-12-20-30/h1-23H,24H2,(H,34,38). The number of rotatable bonds is 7. The van der Waals surface area contributed by atoms with E-state index in [0.29, 0.717) is 5.02 Å². The summed E-state index contributed by atoms with van der Waals surface area (Å²) in [7, 11) is -2.44. The summed E-state index contributed by atoms with van der Waals surface area (Å²) < 4.78 is 11.6. The van der Waals surface area contributed by atoms with E-state index in [0.717, 1.165) is 16.9 Å². The van der Waals surface area contributed by atoms with Crippen LogP contribution in [-0.2, 0) is 11.3 Å². The molecule has 0 aromatic heterocycles. The average Bonchev–Trinajstić information content (AvgIpc) is 2.97. The summed E-state index contributed by atoms with van der Waals surface area (Å²) >= 11 is 11.9. The van der Waals surface area contributed by atoms with Crippen LogP contribution in [0.15, 0.2) is 144 Å². The molecule has 0 spiro atoms. The van der Waals surface area contributed by atoms with Crippen LogP contribution in [0.4, 0.5) is 11.4 Å². The second-order valence-electron chi connectivity index (χ2n) is 8.58. The van der Waals surface area contributed by atoms with Gasteiger partial charge in [-0.15, -0.1) is 0 Å². The Morgan fingerprint density at radius 2 is 1.16 bits per heavy atom. The third-order valence-corrected chi connectivity index (χ3v) is 10.2. The molecule has 0 radical (unpaired) electrons. The summed E-state index contributed by atoms with van der Waals surface area (Å²) in [6.45, 7) is 0.233. The van der Waals surface area contributed by atoms with Crippen molar-refractivity contribution in [2.45, 2.75) is 6.61 Å². The average molecular weight is 553 g/mol. The largest absolute Gasteiger partial charge is 0.466 e. The molecule has 0 heterocycles. The Balaban J connectivity index is 1.63. The molecule has 5 aromatic rings. The van der Waals surface area contributed by atoms with E-state index >= 15 is 0 Å². The highest BCUT2D eigenvalue weighted by molar-refractivity contribution is 7.87. The smallest absolute Gasteiger partial charge is 0.261 e. The zero-order valence-electron chi connectivity index (χ0n) is 20.6. The molecular formula is C32H26ClN2OPS. The van der Waals surface area contributed by atoms with Crippen LogP contribution in [0.5, 0.6) is 0 Å². The molecule has 0 aliphatic carbocycles. The lowest BCUT2D eigenvalue weighted by Crippen LogP contribution is -2.25. The van der Waals surface area contributed by atoms with E-state index in [1.807, 2.05) is 66.7 Å². The molecule has 0 amide bonds. The summed E-state index contributed by atoms with van der Waals surface area (Å²) in [6, 6.07) is 47.0. The summed E-state index contributed by atoms with van der Waals surface area (Å²) in [5, 5.41) is 7.53. The first-order valence-corrected chi connectivity index (χ1v) is 14.7. The lowest BCUT2D eigenvalue weighted by Gasteiger charge is -2.27. The van der Waals surface area contributed by atoms with Crippen molar-refractivity contribution in [3.8, 4) is 0 Å². The molecule has 6 heteroatoms. The van der Waals surface area contributed by atoms with E-state index in [-0.39, 0.29) is 11.8 Å². The number of halogens is 1. The van der Waals surface area contributed by atoms with E-state index in [2.05, 4.69) is 78.1 Å². The van der Waals surface area contributed by atoms with Crippen LogP contribution in [0.25, 0.3) is 0 Å². The number of benzene rings is 5. The van der Waals surface area contributed by atoms with E-state index < -0.39 is 7.05 Å². The van der Waals surface area contributed by atoms with Gasteiger partial charge in [0.15, 0.2) is 0 Å². The highest BCUT2D eigenvalue weighted by atomic mass is 35.5. The van der Waals surface area contributed by atoms with E-state index in [9.17, 15) is 0 Å². The maximum Gasteiger partial charge on any atom is 0.261 e. The highest BCUT2D eigenvalue weighted by Crippen LogP contribution is 2.50. The van der Waals surface area contributed by atoms with Crippen molar-refractivity contribution >= 4 is 63.3 Å². The van der Waals surface area contributed by atoms with Gasteiger partial charge in [-0.2, -0.15) is 0 Å². The third-order valence-electron chi connectivity index (χ3n) is 6.07. The Kier molecular flexibility index (Phi) is 8.35. The van der Waals surface area contributed by atoms with Gasteiger partial charge in [0.25, 0.3) is 5.17 Å². The summed E-state index contributed by atoms with van der Waals surface area (Å²) in [5.74, 6) is 0. The van der Waals surface area contributed by atoms with E-state index in [1.165, 1.54) is 15.9 Å². The second kappa shape index (κ2) is 12.2. The molecule has 0 saturated carbocycles. The predicted octanol–water partition coefficient (Wildman–Crippen LogP) is 8.06. The number of ether oxygens (including phenoxy) is 1. The molecule has 0 unspecified atom stereocenters. The maximum absolute atomic E-state index is 6.45. The Morgan fingerprint density at radius 1 is 0.684 bits per heavy atom. The molecule has 0 saturated heterocycles. The van der Waals surface area contributed by atoms with Crippen LogP contribution < -0.4 is 21.2 Å². The van der Waals surface area contributed by atoms with Crippen LogP contribution in [0.3, 0.4) is 0 Å². The SMILES string of the molecule is S=C(Nc1ccccc1)OCc1cc(Cl)ccc1N=P(c1ccccc1)(c1ccccc1)c1ccccc1. The molecule has 5 rings (SSSR count). The van der Waals surface area contributed by atoms with Crippen molar-refractivity contribution in [2.75, 3.05) is 5.32 Å². The normalized spacial score (nSPS) is 11.0. The Labute approximate surface area is 234 Å². The minimum atomic E-state index is -2.44. The van der Waals surface area contributed by atoms with Gasteiger partial charge < -0.3 is 10.1 Å². The van der Waals surface area contributed by atoms with Gasteiger partial charge in [0.05, 0.1) is 12.7 Å². The van der Waals surface area contributed by atoms with Crippen molar-refractivity contribution in [2.24, 2.45) is 4.74 Å². The van der Waals surface area contributed by atoms with Crippen molar-refractivity contribution in [3.63, 3.8) is 0 Å². The first-order valence-electron chi connectivity index (χ1n) is 12.2. The zero-order chi connectivity index (χ0) is 26.2. The monoisotopic (exact) mass is 552 g/mol. The van der Waals surface area contributed by atoms with Crippen LogP contribution >= 0.6 is 30.9 Å². The van der Waals surface area contributed by atoms with Crippen LogP contribution in [-0.4, -0.2) is 5.17 Å². The number of para-hydroxylation sites is 1. The number of thiocarbonyl (C=S) groups is 1. The minimum Gasteiger partial charge on any atom is -0.466 e. The molecule has 38 heavy (non-hydrogen) atoms. The third kappa shape index (κ3) is 5.89. The number of hydrogen-bond acceptors (Lipinski definition) is 3. The fourth-order valence-electron chi connectivity index (χ4n) is 4.30. The second-order valence-corrected chi connectivity index (χ2v) is 12.4. The van der Waals surface area contributed by atoms with Gasteiger partial charge in [0, 0.05) is 32.2 Å². The molecule has 0 aliphatic rings. The van der Waals surface area contributed by atoms with Gasteiger partial charge in [0.2, 0.25) is 0 Å². The van der Waals surface area contributed by atoms with Gasteiger partial charge in [-0.1, -0.05) is 121 Å². The van der Waals surface area contributed by atoms with Crippen LogP contribution in [0.1, 0.15) is 5.56 Å². The van der Waals surface area contributed by atoms with Gasteiger partial charge in [0.1, 0.15) is 6.61 Å².